The molecule has 0 aromatic heterocycles. The molecular weight excluding hydrogens is 252 g/mol. The molecule has 20 heavy (non-hydrogen) atoms. The SMILES string of the molecule is C=CCN1CC[C@@]2(CCCN(C[C@H]3CCOC3)C2)C1=O. The molecule has 112 valence electrons. The maximum Gasteiger partial charge on any atom is 0.230 e. The van der Waals surface area contributed by atoms with E-state index in [0.29, 0.717) is 18.4 Å². The molecule has 0 aliphatic carbocycles. The van der Waals surface area contributed by atoms with Crippen molar-refractivity contribution in [2.75, 3.05) is 45.9 Å². The standard InChI is InChI=1S/C16H26N2O2/c1-2-7-18-9-6-16(15(18)19)5-3-8-17(13-16)11-14-4-10-20-12-14/h2,14H,1,3-13H2/t14-,16-/m1/s1. The zero-order chi connectivity index (χ0) is 14.0. The Kier molecular flexibility index (Phi) is 4.13. The van der Waals surface area contributed by atoms with Crippen molar-refractivity contribution in [3.05, 3.63) is 12.7 Å². The van der Waals surface area contributed by atoms with Gasteiger partial charge in [-0.1, -0.05) is 6.08 Å². The lowest BCUT2D eigenvalue weighted by Crippen LogP contribution is -2.49. The highest BCUT2D eigenvalue weighted by molar-refractivity contribution is 5.85. The molecule has 2 atom stereocenters. The van der Waals surface area contributed by atoms with Crippen LogP contribution in [-0.2, 0) is 9.53 Å². The van der Waals surface area contributed by atoms with Crippen molar-refractivity contribution >= 4 is 5.91 Å². The van der Waals surface area contributed by atoms with Gasteiger partial charge in [0.2, 0.25) is 5.91 Å². The van der Waals surface area contributed by atoms with Crippen molar-refractivity contribution in [1.29, 1.82) is 0 Å². The molecule has 0 N–H and O–H groups in total. The van der Waals surface area contributed by atoms with Gasteiger partial charge in [0.15, 0.2) is 0 Å². The van der Waals surface area contributed by atoms with Crippen LogP contribution in [0, 0.1) is 11.3 Å². The second-order valence-corrected chi connectivity index (χ2v) is 6.64. The van der Waals surface area contributed by atoms with Gasteiger partial charge in [0, 0.05) is 32.8 Å². The predicted molar refractivity (Wildman–Crippen MR) is 78.4 cm³/mol. The molecule has 0 bridgehead atoms. The van der Waals surface area contributed by atoms with Crippen molar-refractivity contribution in [2.45, 2.75) is 25.7 Å². The first-order valence-corrected chi connectivity index (χ1v) is 7.94. The number of ether oxygens (including phenoxy) is 1. The summed E-state index contributed by atoms with van der Waals surface area (Å²) in [5, 5.41) is 0. The zero-order valence-electron chi connectivity index (χ0n) is 12.4. The second-order valence-electron chi connectivity index (χ2n) is 6.64. The number of carbonyl (C=O) groups is 1. The number of carbonyl (C=O) groups excluding carboxylic acids is 1. The van der Waals surface area contributed by atoms with Crippen LogP contribution < -0.4 is 0 Å². The van der Waals surface area contributed by atoms with Crippen molar-refractivity contribution in [2.24, 2.45) is 11.3 Å². The number of likely N-dealkylation sites (tertiary alicyclic amines) is 2. The third-order valence-electron chi connectivity index (χ3n) is 5.15. The van der Waals surface area contributed by atoms with Crippen LogP contribution in [0.5, 0.6) is 0 Å². The van der Waals surface area contributed by atoms with E-state index in [2.05, 4.69) is 11.5 Å². The summed E-state index contributed by atoms with van der Waals surface area (Å²) in [6.07, 6.45) is 6.27. The summed E-state index contributed by atoms with van der Waals surface area (Å²) in [5.41, 5.74) is -0.0965. The van der Waals surface area contributed by atoms with E-state index in [1.165, 1.54) is 6.42 Å². The maximum absolute atomic E-state index is 12.7. The number of hydrogen-bond acceptors (Lipinski definition) is 3. The Hall–Kier alpha value is -0.870. The minimum atomic E-state index is -0.0965. The monoisotopic (exact) mass is 278 g/mol. The molecule has 0 aromatic carbocycles. The van der Waals surface area contributed by atoms with E-state index < -0.39 is 0 Å². The summed E-state index contributed by atoms with van der Waals surface area (Å²) in [5.74, 6) is 1.04. The molecule has 0 aromatic rings. The third-order valence-corrected chi connectivity index (χ3v) is 5.15. The van der Waals surface area contributed by atoms with Gasteiger partial charge in [-0.25, -0.2) is 0 Å². The van der Waals surface area contributed by atoms with Gasteiger partial charge >= 0.3 is 0 Å². The Balaban J connectivity index is 1.62. The van der Waals surface area contributed by atoms with Crippen molar-refractivity contribution < 1.29 is 9.53 Å². The lowest BCUT2D eigenvalue weighted by atomic mass is 9.78. The van der Waals surface area contributed by atoms with E-state index in [0.717, 1.165) is 58.7 Å². The van der Waals surface area contributed by atoms with Crippen LogP contribution in [0.1, 0.15) is 25.7 Å². The topological polar surface area (TPSA) is 32.8 Å². The van der Waals surface area contributed by atoms with Crippen LogP contribution in [0.25, 0.3) is 0 Å². The molecule has 1 amide bonds. The number of amides is 1. The van der Waals surface area contributed by atoms with Gasteiger partial charge in [-0.05, 0) is 38.1 Å². The number of rotatable bonds is 4. The fourth-order valence-corrected chi connectivity index (χ4v) is 4.08. The van der Waals surface area contributed by atoms with E-state index >= 15 is 0 Å². The van der Waals surface area contributed by atoms with Gasteiger partial charge in [-0.3, -0.25) is 4.79 Å². The van der Waals surface area contributed by atoms with Crippen LogP contribution in [0.2, 0.25) is 0 Å². The van der Waals surface area contributed by atoms with E-state index in [1.54, 1.807) is 0 Å². The van der Waals surface area contributed by atoms with Crippen molar-refractivity contribution in [3.63, 3.8) is 0 Å². The minimum Gasteiger partial charge on any atom is -0.381 e. The Morgan fingerprint density at radius 3 is 3.05 bits per heavy atom. The molecular formula is C16H26N2O2. The van der Waals surface area contributed by atoms with E-state index in [-0.39, 0.29) is 5.41 Å². The summed E-state index contributed by atoms with van der Waals surface area (Å²) in [6.45, 7) is 10.4. The molecule has 3 saturated heterocycles. The summed E-state index contributed by atoms with van der Waals surface area (Å²) >= 11 is 0. The number of nitrogens with zero attached hydrogens (tertiary/aromatic N) is 2. The van der Waals surface area contributed by atoms with E-state index in [4.69, 9.17) is 4.74 Å². The van der Waals surface area contributed by atoms with Gasteiger partial charge in [0.25, 0.3) is 0 Å². The van der Waals surface area contributed by atoms with E-state index in [1.807, 2.05) is 11.0 Å². The molecule has 0 saturated carbocycles. The fourth-order valence-electron chi connectivity index (χ4n) is 4.08. The van der Waals surface area contributed by atoms with Gasteiger partial charge in [0.05, 0.1) is 12.0 Å². The molecule has 1 spiro atoms. The summed E-state index contributed by atoms with van der Waals surface area (Å²) in [7, 11) is 0. The first-order valence-electron chi connectivity index (χ1n) is 7.94. The first-order chi connectivity index (χ1) is 9.73. The second kappa shape index (κ2) is 5.86. The molecule has 3 aliphatic heterocycles. The Morgan fingerprint density at radius 2 is 2.30 bits per heavy atom. The van der Waals surface area contributed by atoms with Crippen LogP contribution >= 0.6 is 0 Å². The third kappa shape index (κ3) is 2.63. The van der Waals surface area contributed by atoms with Crippen LogP contribution in [0.3, 0.4) is 0 Å². The quantitative estimate of drug-likeness (QED) is 0.731. The number of hydrogen-bond donors (Lipinski definition) is 0. The molecule has 3 fully saturated rings. The Labute approximate surface area is 121 Å². The molecule has 4 nitrogen and oxygen atoms in total. The summed E-state index contributed by atoms with van der Waals surface area (Å²) < 4.78 is 5.47. The van der Waals surface area contributed by atoms with Gasteiger partial charge in [0.1, 0.15) is 0 Å². The molecule has 3 aliphatic rings. The fraction of sp³-hybridized carbons (Fsp3) is 0.812. The van der Waals surface area contributed by atoms with Crippen molar-refractivity contribution in [3.8, 4) is 0 Å². The highest BCUT2D eigenvalue weighted by Crippen LogP contribution is 2.40. The molecule has 0 radical (unpaired) electrons. The van der Waals surface area contributed by atoms with Gasteiger partial charge in [-0.2, -0.15) is 0 Å². The van der Waals surface area contributed by atoms with Crippen LogP contribution in [0.15, 0.2) is 12.7 Å². The highest BCUT2D eigenvalue weighted by Gasteiger charge is 2.48. The highest BCUT2D eigenvalue weighted by atomic mass is 16.5. The van der Waals surface area contributed by atoms with Crippen molar-refractivity contribution in [1.82, 2.24) is 9.80 Å². The average molecular weight is 278 g/mol. The van der Waals surface area contributed by atoms with Gasteiger partial charge in [-0.15, -0.1) is 6.58 Å². The molecule has 4 heteroatoms. The largest absolute Gasteiger partial charge is 0.381 e. The summed E-state index contributed by atoms with van der Waals surface area (Å²) in [4.78, 5) is 17.2. The molecule has 0 unspecified atom stereocenters. The minimum absolute atomic E-state index is 0.0965. The predicted octanol–water partition coefficient (Wildman–Crippen LogP) is 1.52. The lowest BCUT2D eigenvalue weighted by Gasteiger charge is -2.39. The molecule has 3 rings (SSSR count). The van der Waals surface area contributed by atoms with Crippen LogP contribution in [-0.4, -0.2) is 61.6 Å². The smallest absolute Gasteiger partial charge is 0.230 e. The Morgan fingerprint density at radius 1 is 1.40 bits per heavy atom. The normalized spacial score (nSPS) is 35.1. The maximum atomic E-state index is 12.7. The Bertz CT molecular complexity index is 379. The van der Waals surface area contributed by atoms with Crippen LogP contribution in [0.4, 0.5) is 0 Å². The van der Waals surface area contributed by atoms with Gasteiger partial charge < -0.3 is 14.5 Å². The average Bonchev–Trinajstić information content (AvgIpc) is 3.04. The number of piperidine rings is 1. The lowest BCUT2D eigenvalue weighted by molar-refractivity contribution is -0.138. The first kappa shape index (κ1) is 14.1. The zero-order valence-corrected chi connectivity index (χ0v) is 12.4. The molecule has 3 heterocycles. The van der Waals surface area contributed by atoms with E-state index in [9.17, 15) is 4.79 Å². The summed E-state index contributed by atoms with van der Waals surface area (Å²) in [6, 6.07) is 0.